The fraction of sp³-hybridized carbons (Fsp3) is 0.381. The molecule has 142 valence electrons. The first-order valence-corrected chi connectivity index (χ1v) is 9.09. The van der Waals surface area contributed by atoms with E-state index in [1.165, 1.54) is 13.8 Å². The minimum absolute atomic E-state index is 0.0865. The number of amides is 1. The van der Waals surface area contributed by atoms with Crippen molar-refractivity contribution in [3.63, 3.8) is 0 Å². The highest BCUT2D eigenvalue weighted by Crippen LogP contribution is 2.38. The van der Waals surface area contributed by atoms with Crippen LogP contribution in [0.3, 0.4) is 0 Å². The molecule has 0 saturated heterocycles. The molecule has 1 aromatic heterocycles. The van der Waals surface area contributed by atoms with Gasteiger partial charge in [0.2, 0.25) is 0 Å². The van der Waals surface area contributed by atoms with Crippen molar-refractivity contribution >= 4 is 23.3 Å². The zero-order valence-corrected chi connectivity index (χ0v) is 16.0. The third-order valence-corrected chi connectivity index (χ3v) is 4.81. The molecule has 1 heterocycles. The molecule has 3 rings (SSSR count). The number of hydrogen-bond donors (Lipinski definition) is 1. The maximum Gasteiger partial charge on any atom is 0.340 e. The second kappa shape index (κ2) is 7.39. The Morgan fingerprint density at radius 1 is 1.19 bits per heavy atom. The largest absolute Gasteiger partial charge is 0.449 e. The average Bonchev–Trinajstić information content (AvgIpc) is 3.39. The van der Waals surface area contributed by atoms with Gasteiger partial charge in [-0.25, -0.2) is 4.79 Å². The Labute approximate surface area is 158 Å². The molecule has 0 aliphatic heterocycles. The van der Waals surface area contributed by atoms with E-state index >= 15 is 0 Å². The quantitative estimate of drug-likeness (QED) is 0.621. The zero-order chi connectivity index (χ0) is 19.7. The summed E-state index contributed by atoms with van der Waals surface area (Å²) in [7, 11) is 0. The Hall–Kier alpha value is -2.89. The summed E-state index contributed by atoms with van der Waals surface area (Å²) >= 11 is 0. The van der Waals surface area contributed by atoms with Gasteiger partial charge in [0.15, 0.2) is 11.9 Å². The summed E-state index contributed by atoms with van der Waals surface area (Å²) < 4.78 is 7.53. The topological polar surface area (TPSA) is 77.4 Å². The lowest BCUT2D eigenvalue weighted by Crippen LogP contribution is -2.30. The summed E-state index contributed by atoms with van der Waals surface area (Å²) in [5.74, 6) is -1.04. The van der Waals surface area contributed by atoms with Crippen LogP contribution in [0.25, 0.3) is 0 Å². The van der Waals surface area contributed by atoms with Gasteiger partial charge in [-0.05, 0) is 58.7 Å². The number of hydrogen-bond acceptors (Lipinski definition) is 4. The van der Waals surface area contributed by atoms with Gasteiger partial charge >= 0.3 is 5.97 Å². The number of aromatic nitrogens is 1. The van der Waals surface area contributed by atoms with Crippen LogP contribution < -0.4 is 5.32 Å². The Balaban J connectivity index is 1.66. The molecule has 1 atom stereocenters. The first-order valence-electron chi connectivity index (χ1n) is 9.09. The summed E-state index contributed by atoms with van der Waals surface area (Å²) in [6.45, 7) is 6.87. The first kappa shape index (κ1) is 18.9. The monoisotopic (exact) mass is 368 g/mol. The second-order valence-corrected chi connectivity index (χ2v) is 7.06. The number of carbonyl (C=O) groups is 3. The molecular weight excluding hydrogens is 344 g/mol. The maximum atomic E-state index is 12.5. The van der Waals surface area contributed by atoms with Gasteiger partial charge < -0.3 is 14.6 Å². The van der Waals surface area contributed by atoms with E-state index in [1.54, 1.807) is 24.3 Å². The Morgan fingerprint density at radius 3 is 2.52 bits per heavy atom. The number of nitrogens with one attached hydrogen (secondary N) is 1. The number of ether oxygens (including phenoxy) is 1. The van der Waals surface area contributed by atoms with Gasteiger partial charge in [0.25, 0.3) is 5.91 Å². The molecule has 1 aliphatic rings. The van der Waals surface area contributed by atoms with Gasteiger partial charge in [0.1, 0.15) is 0 Å². The molecule has 2 aromatic rings. The first-order chi connectivity index (χ1) is 12.8. The molecule has 6 nitrogen and oxygen atoms in total. The predicted molar refractivity (Wildman–Crippen MR) is 102 cm³/mol. The number of rotatable bonds is 6. The van der Waals surface area contributed by atoms with Crippen LogP contribution in [0.5, 0.6) is 0 Å². The SMILES string of the molecule is CC(=O)c1cccc(NC(=O)[C@H](C)OC(=O)c2cc(C)n(C3CC3)c2C)c1. The standard InChI is InChI=1S/C21H24N2O4/c1-12-10-19(13(2)23(12)18-8-9-18)21(26)27-15(4)20(25)22-17-7-5-6-16(11-17)14(3)24/h5-7,10-11,15,18H,8-9H2,1-4H3,(H,22,25)/t15-/m0/s1. The van der Waals surface area contributed by atoms with Crippen molar-refractivity contribution in [2.24, 2.45) is 0 Å². The zero-order valence-electron chi connectivity index (χ0n) is 16.0. The minimum atomic E-state index is -0.956. The van der Waals surface area contributed by atoms with Gasteiger partial charge in [0, 0.05) is 28.7 Å². The van der Waals surface area contributed by atoms with Crippen LogP contribution >= 0.6 is 0 Å². The highest BCUT2D eigenvalue weighted by Gasteiger charge is 2.29. The lowest BCUT2D eigenvalue weighted by Gasteiger charge is -2.14. The lowest BCUT2D eigenvalue weighted by molar-refractivity contribution is -0.123. The van der Waals surface area contributed by atoms with E-state index in [0.717, 1.165) is 24.2 Å². The summed E-state index contributed by atoms with van der Waals surface area (Å²) in [5, 5.41) is 2.68. The van der Waals surface area contributed by atoms with Crippen LogP contribution in [0.1, 0.15) is 64.8 Å². The van der Waals surface area contributed by atoms with Gasteiger partial charge in [-0.1, -0.05) is 12.1 Å². The van der Waals surface area contributed by atoms with E-state index in [4.69, 9.17) is 4.74 Å². The molecule has 1 aliphatic carbocycles. The summed E-state index contributed by atoms with van der Waals surface area (Å²) in [6, 6.07) is 8.94. The van der Waals surface area contributed by atoms with E-state index in [2.05, 4.69) is 9.88 Å². The lowest BCUT2D eigenvalue weighted by atomic mass is 10.1. The third kappa shape index (κ3) is 4.10. The second-order valence-electron chi connectivity index (χ2n) is 7.06. The van der Waals surface area contributed by atoms with Gasteiger partial charge in [0.05, 0.1) is 5.56 Å². The van der Waals surface area contributed by atoms with Crippen LogP contribution in [0, 0.1) is 13.8 Å². The summed E-state index contributed by atoms with van der Waals surface area (Å²) in [6.07, 6.45) is 1.30. The van der Waals surface area contributed by atoms with Crippen molar-refractivity contribution in [3.8, 4) is 0 Å². The molecule has 0 unspecified atom stereocenters. The molecule has 1 aromatic carbocycles. The molecule has 6 heteroatoms. The Bertz CT molecular complexity index is 909. The van der Waals surface area contributed by atoms with Gasteiger partial charge in [-0.2, -0.15) is 0 Å². The van der Waals surface area contributed by atoms with E-state index in [1.807, 2.05) is 19.9 Å². The minimum Gasteiger partial charge on any atom is -0.449 e. The smallest absolute Gasteiger partial charge is 0.340 e. The molecule has 1 fully saturated rings. The highest BCUT2D eigenvalue weighted by molar-refractivity contribution is 5.99. The van der Waals surface area contributed by atoms with Crippen LogP contribution in [0.2, 0.25) is 0 Å². The number of nitrogens with zero attached hydrogens (tertiary/aromatic N) is 1. The van der Waals surface area contributed by atoms with Crippen molar-refractivity contribution in [1.29, 1.82) is 0 Å². The number of anilines is 1. The molecule has 1 amide bonds. The van der Waals surface area contributed by atoms with Gasteiger partial charge in [-0.3, -0.25) is 9.59 Å². The maximum absolute atomic E-state index is 12.5. The van der Waals surface area contributed by atoms with E-state index in [0.29, 0.717) is 22.9 Å². The van der Waals surface area contributed by atoms with Crippen LogP contribution in [-0.4, -0.2) is 28.3 Å². The molecule has 0 spiro atoms. The third-order valence-electron chi connectivity index (χ3n) is 4.81. The summed E-state index contributed by atoms with van der Waals surface area (Å²) in [5.41, 5.74) is 3.40. The number of Topliss-reactive ketones (excluding diaryl/α,β-unsaturated/α-hetero) is 1. The number of esters is 1. The average molecular weight is 368 g/mol. The summed E-state index contributed by atoms with van der Waals surface area (Å²) in [4.78, 5) is 36.3. The fourth-order valence-electron chi connectivity index (χ4n) is 3.22. The van der Waals surface area contributed by atoms with Crippen LogP contribution in [-0.2, 0) is 9.53 Å². The van der Waals surface area contributed by atoms with Crippen molar-refractivity contribution in [1.82, 2.24) is 4.57 Å². The number of ketones is 1. The van der Waals surface area contributed by atoms with Crippen molar-refractivity contribution < 1.29 is 19.1 Å². The van der Waals surface area contributed by atoms with E-state index in [9.17, 15) is 14.4 Å². The molecule has 0 bridgehead atoms. The van der Waals surface area contributed by atoms with E-state index < -0.39 is 18.0 Å². The highest BCUT2D eigenvalue weighted by atomic mass is 16.5. The van der Waals surface area contributed by atoms with Crippen LogP contribution in [0.4, 0.5) is 5.69 Å². The van der Waals surface area contributed by atoms with Crippen molar-refractivity contribution in [3.05, 3.63) is 52.8 Å². The van der Waals surface area contributed by atoms with Crippen molar-refractivity contribution in [2.45, 2.75) is 52.7 Å². The number of aryl methyl sites for hydroxylation is 1. The predicted octanol–water partition coefficient (Wildman–Crippen LogP) is 3.83. The molecule has 1 saturated carbocycles. The Kier molecular flexibility index (Phi) is 5.17. The normalized spacial score (nSPS) is 14.5. The number of carbonyl (C=O) groups excluding carboxylic acids is 3. The van der Waals surface area contributed by atoms with E-state index in [-0.39, 0.29) is 5.78 Å². The Morgan fingerprint density at radius 2 is 1.89 bits per heavy atom. The molecule has 27 heavy (non-hydrogen) atoms. The van der Waals surface area contributed by atoms with Gasteiger partial charge in [-0.15, -0.1) is 0 Å². The van der Waals surface area contributed by atoms with Crippen LogP contribution in [0.15, 0.2) is 30.3 Å². The van der Waals surface area contributed by atoms with Crippen molar-refractivity contribution in [2.75, 3.05) is 5.32 Å². The molecular formula is C21H24N2O4. The number of benzene rings is 1. The fourth-order valence-corrected chi connectivity index (χ4v) is 3.22. The molecule has 1 N–H and O–H groups in total. The molecule has 0 radical (unpaired) electrons.